The van der Waals surface area contributed by atoms with Gasteiger partial charge >= 0.3 is 0 Å². The van der Waals surface area contributed by atoms with Gasteiger partial charge in [0, 0.05) is 10.9 Å². The molecule has 3 aromatic rings. The number of carbonyl (C=O) groups is 1. The summed E-state index contributed by atoms with van der Waals surface area (Å²) in [6.45, 7) is 4.13. The maximum atomic E-state index is 12.2. The minimum atomic E-state index is -0.232. The van der Waals surface area contributed by atoms with Crippen molar-refractivity contribution < 1.29 is 9.53 Å². The van der Waals surface area contributed by atoms with Gasteiger partial charge in [-0.25, -0.2) is 4.98 Å². The molecule has 140 valence electrons. The summed E-state index contributed by atoms with van der Waals surface area (Å²) in [5.41, 5.74) is 4.33. The molecule has 0 atom stereocenters. The summed E-state index contributed by atoms with van der Waals surface area (Å²) in [5, 5.41) is 5.29. The van der Waals surface area contributed by atoms with Crippen molar-refractivity contribution in [2.45, 2.75) is 26.7 Å². The fourth-order valence-electron chi connectivity index (χ4n) is 2.59. The van der Waals surface area contributed by atoms with Crippen LogP contribution in [0, 0.1) is 6.92 Å². The van der Waals surface area contributed by atoms with Crippen LogP contribution in [-0.4, -0.2) is 17.5 Å². The molecule has 0 unspecified atom stereocenters. The number of amides is 1. The van der Waals surface area contributed by atoms with Crippen LogP contribution in [0.3, 0.4) is 0 Å². The zero-order chi connectivity index (χ0) is 19.2. The summed E-state index contributed by atoms with van der Waals surface area (Å²) < 4.78 is 6.48. The Morgan fingerprint density at radius 1 is 1.22 bits per heavy atom. The van der Waals surface area contributed by atoms with Gasteiger partial charge in [0.05, 0.1) is 10.2 Å². The molecule has 0 saturated carbocycles. The van der Waals surface area contributed by atoms with Crippen molar-refractivity contribution in [2.24, 2.45) is 0 Å². The van der Waals surface area contributed by atoms with Crippen molar-refractivity contribution in [3.63, 3.8) is 0 Å². The van der Waals surface area contributed by atoms with Gasteiger partial charge in [0.15, 0.2) is 11.7 Å². The number of aryl methyl sites for hydroxylation is 2. The van der Waals surface area contributed by atoms with Gasteiger partial charge in [-0.15, -0.1) is 11.3 Å². The van der Waals surface area contributed by atoms with E-state index in [9.17, 15) is 4.79 Å². The van der Waals surface area contributed by atoms with Crippen molar-refractivity contribution >= 4 is 38.3 Å². The fourth-order valence-corrected chi connectivity index (χ4v) is 3.87. The quantitative estimate of drug-likeness (QED) is 0.496. The first-order chi connectivity index (χ1) is 13.0. The van der Waals surface area contributed by atoms with Gasteiger partial charge in [-0.2, -0.15) is 0 Å². The van der Waals surface area contributed by atoms with Crippen molar-refractivity contribution in [3.8, 4) is 17.0 Å². The highest BCUT2D eigenvalue weighted by atomic mass is 79.9. The molecule has 3 rings (SSSR count). The first kappa shape index (κ1) is 19.6. The lowest BCUT2D eigenvalue weighted by atomic mass is 10.1. The number of nitrogens with zero attached hydrogens (tertiary/aromatic N) is 1. The van der Waals surface area contributed by atoms with Crippen LogP contribution in [-0.2, 0) is 11.2 Å². The third-order valence-corrected chi connectivity index (χ3v) is 5.37. The van der Waals surface area contributed by atoms with Crippen molar-refractivity contribution in [2.75, 3.05) is 11.9 Å². The van der Waals surface area contributed by atoms with Crippen LogP contribution in [0.2, 0.25) is 0 Å². The Balaban J connectivity index is 1.56. The molecule has 27 heavy (non-hydrogen) atoms. The van der Waals surface area contributed by atoms with Gasteiger partial charge in [0.1, 0.15) is 5.75 Å². The van der Waals surface area contributed by atoms with Gasteiger partial charge in [-0.1, -0.05) is 49.2 Å². The number of benzene rings is 2. The minimum Gasteiger partial charge on any atom is -0.483 e. The van der Waals surface area contributed by atoms with Crippen LogP contribution in [0.1, 0.15) is 24.5 Å². The molecule has 1 amide bonds. The standard InChI is InChI=1S/C21H21BrN2O2S/c1-3-4-15-7-10-19(17(22)11-15)26-12-20(25)24-21-23-18(13-27-21)16-8-5-14(2)6-9-16/h5-11,13H,3-4,12H2,1-2H3,(H,23,24,25). The van der Waals surface area contributed by atoms with E-state index in [1.807, 2.05) is 54.8 Å². The molecule has 0 fully saturated rings. The smallest absolute Gasteiger partial charge is 0.264 e. The highest BCUT2D eigenvalue weighted by Gasteiger charge is 2.10. The number of hydrogen-bond acceptors (Lipinski definition) is 4. The highest BCUT2D eigenvalue weighted by molar-refractivity contribution is 9.10. The lowest BCUT2D eigenvalue weighted by Crippen LogP contribution is -2.20. The van der Waals surface area contributed by atoms with Crippen LogP contribution in [0.25, 0.3) is 11.3 Å². The average Bonchev–Trinajstić information content (AvgIpc) is 3.10. The molecule has 1 heterocycles. The Hall–Kier alpha value is -2.18. The molecule has 4 nitrogen and oxygen atoms in total. The van der Waals surface area contributed by atoms with Crippen LogP contribution in [0.15, 0.2) is 52.3 Å². The second-order valence-corrected chi connectivity index (χ2v) is 7.97. The second kappa shape index (κ2) is 9.15. The largest absolute Gasteiger partial charge is 0.483 e. The predicted octanol–water partition coefficient (Wildman–Crippen LogP) is 5.85. The molecule has 6 heteroatoms. The van der Waals surface area contributed by atoms with E-state index >= 15 is 0 Å². The number of ether oxygens (including phenoxy) is 1. The van der Waals surface area contributed by atoms with Gasteiger partial charge in [-0.05, 0) is 47.0 Å². The molecule has 0 radical (unpaired) electrons. The lowest BCUT2D eigenvalue weighted by Gasteiger charge is -2.09. The molecular weight excluding hydrogens is 424 g/mol. The third kappa shape index (κ3) is 5.40. The minimum absolute atomic E-state index is 0.0643. The topological polar surface area (TPSA) is 51.2 Å². The van der Waals surface area contributed by atoms with Crippen LogP contribution in [0.5, 0.6) is 5.75 Å². The number of carbonyl (C=O) groups excluding carboxylic acids is 1. The normalized spacial score (nSPS) is 10.6. The Morgan fingerprint density at radius 3 is 2.70 bits per heavy atom. The van der Waals surface area contributed by atoms with E-state index in [2.05, 4.69) is 33.2 Å². The number of rotatable bonds is 7. The second-order valence-electron chi connectivity index (χ2n) is 6.26. The molecule has 0 spiro atoms. The summed E-state index contributed by atoms with van der Waals surface area (Å²) in [4.78, 5) is 16.6. The van der Waals surface area contributed by atoms with Crippen LogP contribution in [0.4, 0.5) is 5.13 Å². The molecule has 0 aliphatic rings. The Bertz CT molecular complexity index is 922. The Kier molecular flexibility index (Phi) is 6.63. The zero-order valence-corrected chi connectivity index (χ0v) is 17.7. The number of hydrogen-bond donors (Lipinski definition) is 1. The summed E-state index contributed by atoms with van der Waals surface area (Å²) in [7, 11) is 0. The lowest BCUT2D eigenvalue weighted by molar-refractivity contribution is -0.118. The maximum absolute atomic E-state index is 12.2. The van der Waals surface area contributed by atoms with Crippen LogP contribution >= 0.6 is 27.3 Å². The number of anilines is 1. The number of aromatic nitrogens is 1. The van der Waals surface area contributed by atoms with E-state index in [1.165, 1.54) is 22.5 Å². The average molecular weight is 445 g/mol. The summed E-state index contributed by atoms with van der Waals surface area (Å²) in [6.07, 6.45) is 2.11. The fraction of sp³-hybridized carbons (Fsp3) is 0.238. The number of nitrogens with one attached hydrogen (secondary N) is 1. The Labute approximate surface area is 171 Å². The summed E-state index contributed by atoms with van der Waals surface area (Å²) >= 11 is 4.90. The first-order valence-corrected chi connectivity index (χ1v) is 10.5. The molecular formula is C21H21BrN2O2S. The van der Waals surface area contributed by atoms with E-state index in [4.69, 9.17) is 4.74 Å². The maximum Gasteiger partial charge on any atom is 0.264 e. The van der Waals surface area contributed by atoms with E-state index < -0.39 is 0 Å². The first-order valence-electron chi connectivity index (χ1n) is 8.79. The summed E-state index contributed by atoms with van der Waals surface area (Å²) in [6, 6.07) is 14.1. The molecule has 0 saturated heterocycles. The van der Waals surface area contributed by atoms with Crippen molar-refractivity contribution in [1.82, 2.24) is 4.98 Å². The molecule has 0 bridgehead atoms. The molecule has 0 aliphatic heterocycles. The van der Waals surface area contributed by atoms with Crippen LogP contribution < -0.4 is 10.1 Å². The van der Waals surface area contributed by atoms with E-state index in [-0.39, 0.29) is 12.5 Å². The molecule has 1 aromatic heterocycles. The number of thiazole rings is 1. The third-order valence-electron chi connectivity index (χ3n) is 3.99. The number of halogens is 1. The van der Waals surface area contributed by atoms with Gasteiger partial charge < -0.3 is 4.74 Å². The molecule has 0 aliphatic carbocycles. The van der Waals surface area contributed by atoms with E-state index in [0.29, 0.717) is 10.9 Å². The Morgan fingerprint density at radius 2 is 2.00 bits per heavy atom. The summed E-state index contributed by atoms with van der Waals surface area (Å²) in [5.74, 6) is 0.425. The van der Waals surface area contributed by atoms with Gasteiger partial charge in [0.25, 0.3) is 5.91 Å². The monoisotopic (exact) mass is 444 g/mol. The van der Waals surface area contributed by atoms with Gasteiger partial charge in [-0.3, -0.25) is 10.1 Å². The predicted molar refractivity (Wildman–Crippen MR) is 115 cm³/mol. The molecule has 1 N–H and O–H groups in total. The SMILES string of the molecule is CCCc1ccc(OCC(=O)Nc2nc(-c3ccc(C)cc3)cs2)c(Br)c1. The van der Waals surface area contributed by atoms with Crippen molar-refractivity contribution in [3.05, 3.63) is 63.4 Å². The van der Waals surface area contributed by atoms with E-state index in [0.717, 1.165) is 28.6 Å². The van der Waals surface area contributed by atoms with Gasteiger partial charge in [0.2, 0.25) is 0 Å². The van der Waals surface area contributed by atoms with Crippen molar-refractivity contribution in [1.29, 1.82) is 0 Å². The zero-order valence-electron chi connectivity index (χ0n) is 15.3. The van der Waals surface area contributed by atoms with E-state index in [1.54, 1.807) is 0 Å². The molecule has 2 aromatic carbocycles. The highest BCUT2D eigenvalue weighted by Crippen LogP contribution is 2.27.